The first kappa shape index (κ1) is 60.3. The van der Waals surface area contributed by atoms with Crippen molar-refractivity contribution < 1.29 is 119 Å². The molecule has 3 nitrogen and oxygen atoms in total. The molecule has 0 aliphatic heterocycles. The molecule has 1 heterocycles. The molecule has 0 saturated carbocycles. The minimum absolute atomic E-state index is 0.255. The van der Waals surface area contributed by atoms with Crippen LogP contribution in [0.3, 0.4) is 0 Å². The Labute approximate surface area is 426 Å². The molecule has 418 valence electrons. The van der Waals surface area contributed by atoms with Crippen LogP contribution in [0.5, 0.6) is 0 Å². The van der Waals surface area contributed by atoms with Crippen LogP contribution in [-0.4, -0.2) is 18.7 Å². The molecule has 0 aliphatic carbocycles. The fraction of sp³-hybridized carbons (Fsp3) is 0.224. The molecule has 0 radical (unpaired) electrons. The highest BCUT2D eigenvalue weighted by atomic mass is 32.1. The Hall–Kier alpha value is -6.94. The Kier molecular flexibility index (Phi) is 16.3. The summed E-state index contributed by atoms with van der Waals surface area (Å²) >= 11 is 1.48. The molecule has 0 unspecified atom stereocenters. The molecule has 7 aromatic rings. The Balaban J connectivity index is 0.000000387. The number of thiazole rings is 1. The monoisotopic (exact) mass is 1160 g/mol. The van der Waals surface area contributed by atoms with Gasteiger partial charge in [-0.3, -0.25) is 0 Å². The number of rotatable bonds is 8. The maximum absolute atomic E-state index is 14.2. The van der Waals surface area contributed by atoms with E-state index in [4.69, 9.17) is 4.74 Å². The highest BCUT2D eigenvalue weighted by molar-refractivity contribution is 7.20. The molecular weight excluding hydrogens is 1130 g/mol. The number of hydrogen-bond donors (Lipinski definition) is 0. The van der Waals surface area contributed by atoms with Crippen LogP contribution in [-0.2, 0) is 60.7 Å². The van der Waals surface area contributed by atoms with Gasteiger partial charge in [0, 0.05) is 11.6 Å². The first-order chi connectivity index (χ1) is 35.6. The number of para-hydroxylation sites is 1. The average molecular weight is 1160 g/mol. The molecule has 0 saturated heterocycles. The fourth-order valence-electron chi connectivity index (χ4n) is 8.37. The molecule has 0 spiro atoms. The molecular formula is C49H28BF24NO2S. The van der Waals surface area contributed by atoms with Crippen LogP contribution in [0.2, 0.25) is 0 Å². The Morgan fingerprint density at radius 2 is 0.679 bits per heavy atom. The van der Waals surface area contributed by atoms with E-state index in [9.17, 15) is 110 Å². The zero-order chi connectivity index (χ0) is 58.6. The summed E-state index contributed by atoms with van der Waals surface area (Å²) in [6, 6.07) is 9.38. The lowest BCUT2D eigenvalue weighted by molar-refractivity contribution is -0.660. The quantitative estimate of drug-likeness (QED) is 0.0657. The van der Waals surface area contributed by atoms with Gasteiger partial charge in [-0.2, -0.15) is 132 Å². The first-order valence-corrected chi connectivity index (χ1v) is 22.4. The number of aromatic nitrogens is 1. The molecule has 0 amide bonds. The van der Waals surface area contributed by atoms with Crippen molar-refractivity contribution in [3.63, 3.8) is 0 Å². The van der Waals surface area contributed by atoms with Gasteiger partial charge in [0.05, 0.1) is 51.1 Å². The number of esters is 1. The number of nitrogens with zero attached hydrogens (tertiary/aromatic N) is 1. The number of benzene rings is 6. The van der Waals surface area contributed by atoms with Gasteiger partial charge in [-0.1, -0.05) is 102 Å². The van der Waals surface area contributed by atoms with Crippen LogP contribution >= 0.6 is 11.3 Å². The number of hydrogen-bond acceptors (Lipinski definition) is 3. The van der Waals surface area contributed by atoms with Crippen molar-refractivity contribution in [1.82, 2.24) is 0 Å². The van der Waals surface area contributed by atoms with Crippen molar-refractivity contribution in [2.75, 3.05) is 6.61 Å². The molecule has 0 N–H and O–H groups in total. The van der Waals surface area contributed by atoms with Gasteiger partial charge in [0.25, 0.3) is 0 Å². The van der Waals surface area contributed by atoms with Gasteiger partial charge in [0.15, 0.2) is 6.54 Å². The zero-order valence-corrected chi connectivity index (χ0v) is 39.2. The molecule has 0 fully saturated rings. The normalized spacial score (nSPS) is 13.3. The highest BCUT2D eigenvalue weighted by Crippen LogP contribution is 2.41. The van der Waals surface area contributed by atoms with Gasteiger partial charge in [0.2, 0.25) is 5.52 Å². The third kappa shape index (κ3) is 13.3. The Morgan fingerprint density at radius 1 is 0.410 bits per heavy atom. The number of fused-ring (bicyclic) bond motifs is 1. The van der Waals surface area contributed by atoms with Crippen molar-refractivity contribution in [2.45, 2.75) is 62.9 Å². The topological polar surface area (TPSA) is 30.2 Å². The number of ether oxygens (including phenoxy) is 1. The van der Waals surface area contributed by atoms with E-state index in [-0.39, 0.29) is 5.97 Å². The van der Waals surface area contributed by atoms with Gasteiger partial charge in [-0.25, -0.2) is 4.79 Å². The average Bonchev–Trinajstić information content (AvgIpc) is 3.68. The van der Waals surface area contributed by atoms with Crippen LogP contribution in [0.4, 0.5) is 105 Å². The summed E-state index contributed by atoms with van der Waals surface area (Å²) in [5.74, 6) is -0.255. The highest BCUT2D eigenvalue weighted by Gasteiger charge is 2.47. The lowest BCUT2D eigenvalue weighted by Crippen LogP contribution is -2.75. The van der Waals surface area contributed by atoms with Crippen LogP contribution in [0.1, 0.15) is 66.8 Å². The van der Waals surface area contributed by atoms with E-state index in [1.807, 2.05) is 54.0 Å². The fourth-order valence-corrected chi connectivity index (χ4v) is 9.43. The molecule has 78 heavy (non-hydrogen) atoms. The smallest absolute Gasteiger partial charge is 0.416 e. The van der Waals surface area contributed by atoms with Crippen LogP contribution in [0.25, 0.3) is 10.2 Å². The lowest BCUT2D eigenvalue weighted by atomic mass is 9.12. The summed E-state index contributed by atoms with van der Waals surface area (Å²) in [5.41, 5.74) is -28.0. The van der Waals surface area contributed by atoms with Crippen molar-refractivity contribution in [3.8, 4) is 0 Å². The molecule has 0 atom stereocenters. The third-order valence-electron chi connectivity index (χ3n) is 11.7. The molecule has 7 rings (SSSR count). The number of carbonyl (C=O) groups is 1. The third-order valence-corrected chi connectivity index (χ3v) is 12.8. The molecule has 1 aromatic heterocycles. The van der Waals surface area contributed by atoms with Crippen molar-refractivity contribution >= 4 is 55.5 Å². The second-order valence-electron chi connectivity index (χ2n) is 16.9. The van der Waals surface area contributed by atoms with Crippen LogP contribution in [0, 0.1) is 0 Å². The maximum Gasteiger partial charge on any atom is 0.416 e. The SMILES string of the molecule is CCOC(=O)c1sc2ccccc2[n+]1Cc1ccccc1.FC(F)(F)c1cc([B-](c2cc(C(F)(F)F)cc(C(F)(F)F)c2)(c2cc(C(F)(F)F)cc(C(F)(F)F)c2)c2cc(C(F)(F)F)cc(C(F)(F)F)c2)cc(C(F)(F)F)c1. The predicted molar refractivity (Wildman–Crippen MR) is 234 cm³/mol. The van der Waals surface area contributed by atoms with E-state index in [0.717, 1.165) is 15.8 Å². The first-order valence-electron chi connectivity index (χ1n) is 21.5. The van der Waals surface area contributed by atoms with Crippen molar-refractivity contribution in [3.05, 3.63) is 182 Å². The van der Waals surface area contributed by atoms with E-state index < -0.39 is 195 Å². The minimum Gasteiger partial charge on any atom is -0.457 e. The predicted octanol–water partition coefficient (Wildman–Crippen LogP) is 14.6. The number of halogens is 24. The Morgan fingerprint density at radius 3 is 0.949 bits per heavy atom. The molecule has 6 aromatic carbocycles. The molecule has 0 bridgehead atoms. The largest absolute Gasteiger partial charge is 0.457 e. The zero-order valence-electron chi connectivity index (χ0n) is 38.4. The van der Waals surface area contributed by atoms with E-state index in [1.165, 1.54) is 11.3 Å². The van der Waals surface area contributed by atoms with Gasteiger partial charge >= 0.3 is 60.4 Å². The van der Waals surface area contributed by atoms with Crippen LogP contribution in [0.15, 0.2) is 127 Å². The van der Waals surface area contributed by atoms with Crippen molar-refractivity contribution in [2.24, 2.45) is 0 Å². The number of carbonyl (C=O) groups excluding carboxylic acids is 1. The standard InChI is InChI=1S/C32H12BF24.C17H16NO2S/c34-25(35,36)13-1-14(26(37,38)39)6-21(5-13)33(22-7-15(27(40,41)42)2-16(8-22)28(43,44)45,23-9-17(29(46,47)48)3-18(10-23)30(49,50)51)24-11-19(31(52,53)54)4-20(12-24)32(55,56)57;1-2-20-17(19)16-18(12-13-8-4-3-5-9-13)14-10-6-7-11-15(14)21-16/h1-12H;3-11H,2,12H2,1H3/q-1;+1. The number of alkyl halides is 24. The summed E-state index contributed by atoms with van der Waals surface area (Å²) < 4.78 is 349. The van der Waals surface area contributed by atoms with Gasteiger partial charge in [-0.05, 0) is 37.3 Å². The van der Waals surface area contributed by atoms with Crippen molar-refractivity contribution in [1.29, 1.82) is 0 Å². The van der Waals surface area contributed by atoms with E-state index in [0.29, 0.717) is 18.2 Å². The summed E-state index contributed by atoms with van der Waals surface area (Å²) in [5, 5.41) is 0.641. The second kappa shape index (κ2) is 21.0. The molecule has 0 aliphatic rings. The molecule has 29 heteroatoms. The maximum atomic E-state index is 14.2. The summed E-state index contributed by atoms with van der Waals surface area (Å²) in [6.45, 7) is 2.88. The Bertz CT molecular complexity index is 2870. The van der Waals surface area contributed by atoms with E-state index >= 15 is 0 Å². The van der Waals surface area contributed by atoms with Gasteiger partial charge < -0.3 is 4.74 Å². The lowest BCUT2D eigenvalue weighted by Gasteiger charge is -2.46. The summed E-state index contributed by atoms with van der Waals surface area (Å²) in [7, 11) is 0. The van der Waals surface area contributed by atoms with Gasteiger partial charge in [-0.15, -0.1) is 0 Å². The van der Waals surface area contributed by atoms with Gasteiger partial charge in [0.1, 0.15) is 10.8 Å². The van der Waals surface area contributed by atoms with E-state index in [1.54, 1.807) is 0 Å². The van der Waals surface area contributed by atoms with E-state index in [2.05, 4.69) is 12.1 Å². The van der Waals surface area contributed by atoms with Crippen LogP contribution < -0.4 is 26.4 Å². The summed E-state index contributed by atoms with van der Waals surface area (Å²) in [4.78, 5) is 12.2. The second-order valence-corrected chi connectivity index (χ2v) is 17.9. The minimum atomic E-state index is -6.13. The summed E-state index contributed by atoms with van der Waals surface area (Å²) in [6.07, 6.45) is -54.8.